The first-order chi connectivity index (χ1) is 9.37. The molecule has 0 unspecified atom stereocenters. The van der Waals surface area contributed by atoms with E-state index in [-0.39, 0.29) is 10.8 Å². The molecule has 1 amide bonds. The molecule has 1 saturated carbocycles. The molecule has 3 N–H and O–H groups in total. The zero-order valence-electron chi connectivity index (χ0n) is 11.6. The number of benzene rings is 1. The van der Waals surface area contributed by atoms with E-state index in [1.54, 1.807) is 12.1 Å². The Morgan fingerprint density at radius 2 is 1.80 bits per heavy atom. The SMILES string of the molecule is CS(=O)(=O)c1ccc(NC(=O)C2(CN)CCCC2)cc1. The standard InChI is InChI=1S/C14H20N2O3S/c1-20(18,19)12-6-4-11(5-7-12)16-13(17)14(10-15)8-2-3-9-14/h4-7H,2-3,8-10,15H2,1H3,(H,16,17). The van der Waals surface area contributed by atoms with Crippen LogP contribution in [0.2, 0.25) is 0 Å². The van der Waals surface area contributed by atoms with Crippen LogP contribution in [-0.4, -0.2) is 27.1 Å². The second-order valence-corrected chi connectivity index (χ2v) is 7.46. The molecule has 0 aliphatic heterocycles. The Morgan fingerprint density at radius 3 is 2.25 bits per heavy atom. The second-order valence-electron chi connectivity index (χ2n) is 5.44. The quantitative estimate of drug-likeness (QED) is 0.882. The highest BCUT2D eigenvalue weighted by Crippen LogP contribution is 2.38. The Kier molecular flexibility index (Phi) is 4.15. The average Bonchev–Trinajstić information content (AvgIpc) is 2.88. The van der Waals surface area contributed by atoms with E-state index in [1.165, 1.54) is 12.1 Å². The Balaban J connectivity index is 2.12. The summed E-state index contributed by atoms with van der Waals surface area (Å²) in [6.45, 7) is 0.347. The lowest BCUT2D eigenvalue weighted by atomic mass is 9.85. The summed E-state index contributed by atoms with van der Waals surface area (Å²) in [4.78, 5) is 12.6. The Hall–Kier alpha value is -1.40. The molecule has 0 saturated heterocycles. The summed E-state index contributed by atoms with van der Waals surface area (Å²) in [6.07, 6.45) is 4.84. The van der Waals surface area contributed by atoms with Crippen molar-refractivity contribution in [2.45, 2.75) is 30.6 Å². The number of amides is 1. The molecular formula is C14H20N2O3S. The van der Waals surface area contributed by atoms with Crippen LogP contribution < -0.4 is 11.1 Å². The molecule has 2 rings (SSSR count). The summed E-state index contributed by atoms with van der Waals surface area (Å²) in [5, 5.41) is 2.84. The molecule has 0 radical (unpaired) electrons. The van der Waals surface area contributed by atoms with Gasteiger partial charge in [-0.25, -0.2) is 8.42 Å². The summed E-state index contributed by atoms with van der Waals surface area (Å²) in [5.74, 6) is -0.0652. The van der Waals surface area contributed by atoms with Gasteiger partial charge < -0.3 is 11.1 Å². The van der Waals surface area contributed by atoms with Crippen LogP contribution in [0.4, 0.5) is 5.69 Å². The predicted molar refractivity (Wildman–Crippen MR) is 78.1 cm³/mol. The molecule has 0 aromatic heterocycles. The number of carbonyl (C=O) groups excluding carboxylic acids is 1. The average molecular weight is 296 g/mol. The van der Waals surface area contributed by atoms with Gasteiger partial charge in [0.1, 0.15) is 0 Å². The number of anilines is 1. The molecule has 0 spiro atoms. The van der Waals surface area contributed by atoms with Gasteiger partial charge in [-0.3, -0.25) is 4.79 Å². The molecule has 0 bridgehead atoms. The second kappa shape index (κ2) is 5.54. The van der Waals surface area contributed by atoms with E-state index in [4.69, 9.17) is 5.73 Å². The number of sulfone groups is 1. The van der Waals surface area contributed by atoms with Gasteiger partial charge in [0.2, 0.25) is 5.91 Å². The van der Waals surface area contributed by atoms with Gasteiger partial charge in [0, 0.05) is 18.5 Å². The number of nitrogens with two attached hydrogens (primary N) is 1. The number of hydrogen-bond donors (Lipinski definition) is 2. The Bertz CT molecular complexity index is 587. The summed E-state index contributed by atoms with van der Waals surface area (Å²) < 4.78 is 22.7. The largest absolute Gasteiger partial charge is 0.329 e. The van der Waals surface area contributed by atoms with Gasteiger partial charge in [-0.05, 0) is 37.1 Å². The molecule has 1 aromatic carbocycles. The minimum absolute atomic E-state index is 0.0652. The van der Waals surface area contributed by atoms with Crippen molar-refractivity contribution in [2.24, 2.45) is 11.1 Å². The third kappa shape index (κ3) is 3.02. The molecule has 0 heterocycles. The van der Waals surface area contributed by atoms with E-state index < -0.39 is 15.3 Å². The summed E-state index contributed by atoms with van der Waals surface area (Å²) in [6, 6.07) is 6.20. The minimum Gasteiger partial charge on any atom is -0.329 e. The topological polar surface area (TPSA) is 89.3 Å². The van der Waals surface area contributed by atoms with Crippen molar-refractivity contribution in [3.05, 3.63) is 24.3 Å². The van der Waals surface area contributed by atoms with Gasteiger partial charge in [0.25, 0.3) is 0 Å². The lowest BCUT2D eigenvalue weighted by Crippen LogP contribution is -2.40. The van der Waals surface area contributed by atoms with E-state index in [1.807, 2.05) is 0 Å². The molecule has 6 heteroatoms. The number of carbonyl (C=O) groups is 1. The molecule has 1 aliphatic carbocycles. The van der Waals surface area contributed by atoms with Crippen LogP contribution in [0.25, 0.3) is 0 Å². The Labute approximate surface area is 119 Å². The van der Waals surface area contributed by atoms with Gasteiger partial charge in [0.05, 0.1) is 10.3 Å². The van der Waals surface area contributed by atoms with Crippen molar-refractivity contribution in [1.29, 1.82) is 0 Å². The molecule has 20 heavy (non-hydrogen) atoms. The van der Waals surface area contributed by atoms with Crippen LogP contribution in [-0.2, 0) is 14.6 Å². The fourth-order valence-electron chi connectivity index (χ4n) is 2.62. The summed E-state index contributed by atoms with van der Waals surface area (Å²) >= 11 is 0. The van der Waals surface area contributed by atoms with Crippen molar-refractivity contribution in [2.75, 3.05) is 18.1 Å². The molecule has 0 atom stereocenters. The highest BCUT2D eigenvalue weighted by Gasteiger charge is 2.39. The van der Waals surface area contributed by atoms with Crippen LogP contribution in [0.1, 0.15) is 25.7 Å². The first-order valence-electron chi connectivity index (χ1n) is 6.69. The third-order valence-electron chi connectivity index (χ3n) is 3.97. The van der Waals surface area contributed by atoms with E-state index >= 15 is 0 Å². The van der Waals surface area contributed by atoms with Crippen LogP contribution in [0.15, 0.2) is 29.2 Å². The van der Waals surface area contributed by atoms with E-state index in [2.05, 4.69) is 5.32 Å². The molecular weight excluding hydrogens is 276 g/mol. The fourth-order valence-corrected chi connectivity index (χ4v) is 3.26. The van der Waals surface area contributed by atoms with Crippen molar-refractivity contribution in [3.8, 4) is 0 Å². The molecule has 5 nitrogen and oxygen atoms in total. The van der Waals surface area contributed by atoms with Crippen LogP contribution in [0, 0.1) is 5.41 Å². The van der Waals surface area contributed by atoms with E-state index in [9.17, 15) is 13.2 Å². The minimum atomic E-state index is -3.21. The lowest BCUT2D eigenvalue weighted by Gasteiger charge is -2.25. The van der Waals surface area contributed by atoms with Gasteiger partial charge >= 0.3 is 0 Å². The molecule has 1 fully saturated rings. The van der Waals surface area contributed by atoms with Gasteiger partial charge in [-0.1, -0.05) is 12.8 Å². The maximum absolute atomic E-state index is 12.3. The number of hydrogen-bond acceptors (Lipinski definition) is 4. The van der Waals surface area contributed by atoms with Crippen molar-refractivity contribution in [3.63, 3.8) is 0 Å². The highest BCUT2D eigenvalue weighted by molar-refractivity contribution is 7.90. The van der Waals surface area contributed by atoms with Crippen molar-refractivity contribution < 1.29 is 13.2 Å². The molecule has 1 aromatic rings. The third-order valence-corrected chi connectivity index (χ3v) is 5.10. The number of nitrogens with one attached hydrogen (secondary N) is 1. The van der Waals surface area contributed by atoms with Gasteiger partial charge in [-0.2, -0.15) is 0 Å². The maximum atomic E-state index is 12.3. The van der Waals surface area contributed by atoms with E-state index in [0.29, 0.717) is 12.2 Å². The summed E-state index contributed by atoms with van der Waals surface area (Å²) in [7, 11) is -3.21. The van der Waals surface area contributed by atoms with Crippen molar-refractivity contribution in [1.82, 2.24) is 0 Å². The predicted octanol–water partition coefficient (Wildman–Crippen LogP) is 1.55. The first-order valence-corrected chi connectivity index (χ1v) is 8.58. The van der Waals surface area contributed by atoms with Crippen LogP contribution in [0.3, 0.4) is 0 Å². The summed E-state index contributed by atoms with van der Waals surface area (Å²) in [5.41, 5.74) is 5.90. The first kappa shape index (κ1) is 15.0. The zero-order chi connectivity index (χ0) is 14.8. The normalized spacial score (nSPS) is 17.9. The van der Waals surface area contributed by atoms with Gasteiger partial charge in [0.15, 0.2) is 9.84 Å². The zero-order valence-corrected chi connectivity index (χ0v) is 12.4. The highest BCUT2D eigenvalue weighted by atomic mass is 32.2. The lowest BCUT2D eigenvalue weighted by molar-refractivity contribution is -0.124. The maximum Gasteiger partial charge on any atom is 0.231 e. The van der Waals surface area contributed by atoms with Crippen LogP contribution >= 0.6 is 0 Å². The van der Waals surface area contributed by atoms with Gasteiger partial charge in [-0.15, -0.1) is 0 Å². The van der Waals surface area contributed by atoms with Crippen molar-refractivity contribution >= 4 is 21.4 Å². The number of rotatable bonds is 4. The Morgan fingerprint density at radius 1 is 1.25 bits per heavy atom. The molecule has 1 aliphatic rings. The van der Waals surface area contributed by atoms with Crippen LogP contribution in [0.5, 0.6) is 0 Å². The smallest absolute Gasteiger partial charge is 0.231 e. The fraction of sp³-hybridized carbons (Fsp3) is 0.500. The van der Waals surface area contributed by atoms with E-state index in [0.717, 1.165) is 31.9 Å². The monoisotopic (exact) mass is 296 g/mol. The molecule has 110 valence electrons.